The Hall–Kier alpha value is -0.0900. The van der Waals surface area contributed by atoms with E-state index >= 15 is 0 Å². The van der Waals surface area contributed by atoms with Crippen LogP contribution in [0.3, 0.4) is 0 Å². The van der Waals surface area contributed by atoms with Gasteiger partial charge in [0.2, 0.25) is 0 Å². The molecule has 0 N–H and O–H groups in total. The first kappa shape index (κ1) is 22.9. The van der Waals surface area contributed by atoms with E-state index in [2.05, 4.69) is 13.2 Å². The SMILES string of the molecule is C=CCCCCCCCCCPCCCCCCCCCC=C. The third kappa shape index (κ3) is 21.9. The summed E-state index contributed by atoms with van der Waals surface area (Å²) in [6, 6.07) is 0. The summed E-state index contributed by atoms with van der Waals surface area (Å²) in [5.74, 6) is 0. The van der Waals surface area contributed by atoms with Gasteiger partial charge in [0.05, 0.1) is 0 Å². The van der Waals surface area contributed by atoms with Crippen LogP contribution in [-0.2, 0) is 0 Å². The molecule has 0 atom stereocenters. The highest BCUT2D eigenvalue weighted by Crippen LogP contribution is 2.18. The molecular weight excluding hydrogens is 295 g/mol. The van der Waals surface area contributed by atoms with Crippen LogP contribution in [0.4, 0.5) is 0 Å². The smallest absolute Gasteiger partial charge is 0.0353 e. The highest BCUT2D eigenvalue weighted by Gasteiger charge is 1.94. The second-order valence-electron chi connectivity index (χ2n) is 6.85. The van der Waals surface area contributed by atoms with Gasteiger partial charge in [-0.3, -0.25) is 0 Å². The van der Waals surface area contributed by atoms with E-state index in [1.165, 1.54) is 124 Å². The third-order valence-corrected chi connectivity index (χ3v) is 5.94. The molecule has 0 unspecified atom stereocenters. The number of hydrogen-bond acceptors (Lipinski definition) is 0. The van der Waals surface area contributed by atoms with Crippen LogP contribution in [0.15, 0.2) is 25.3 Å². The lowest BCUT2D eigenvalue weighted by Gasteiger charge is -2.04. The topological polar surface area (TPSA) is 0 Å². The maximum atomic E-state index is 3.78. The first-order chi connectivity index (χ1) is 11.4. The number of unbranched alkanes of at least 4 members (excludes halogenated alkanes) is 14. The van der Waals surface area contributed by atoms with Gasteiger partial charge in [0.1, 0.15) is 0 Å². The van der Waals surface area contributed by atoms with E-state index in [-0.39, 0.29) is 0 Å². The lowest BCUT2D eigenvalue weighted by atomic mass is 10.1. The van der Waals surface area contributed by atoms with Gasteiger partial charge in [0.15, 0.2) is 0 Å². The van der Waals surface area contributed by atoms with Gasteiger partial charge in [-0.1, -0.05) is 76.4 Å². The van der Waals surface area contributed by atoms with Gasteiger partial charge in [0.25, 0.3) is 0 Å². The van der Waals surface area contributed by atoms with Crippen molar-refractivity contribution in [2.75, 3.05) is 12.3 Å². The van der Waals surface area contributed by atoms with E-state index in [9.17, 15) is 0 Å². The second-order valence-corrected chi connectivity index (χ2v) is 8.35. The van der Waals surface area contributed by atoms with Gasteiger partial charge in [0, 0.05) is 0 Å². The summed E-state index contributed by atoms with van der Waals surface area (Å²) in [6.07, 6.45) is 29.6. The van der Waals surface area contributed by atoms with E-state index in [0.717, 1.165) is 0 Å². The molecule has 0 amide bonds. The lowest BCUT2D eigenvalue weighted by Crippen LogP contribution is -1.85. The Balaban J connectivity index is 2.94. The zero-order chi connectivity index (χ0) is 16.8. The predicted molar refractivity (Wildman–Crippen MR) is 112 cm³/mol. The fourth-order valence-electron chi connectivity index (χ4n) is 2.97. The van der Waals surface area contributed by atoms with E-state index in [4.69, 9.17) is 0 Å². The van der Waals surface area contributed by atoms with Crippen molar-refractivity contribution in [1.82, 2.24) is 0 Å². The Morgan fingerprint density at radius 3 is 1.09 bits per heavy atom. The Morgan fingerprint density at radius 2 is 0.739 bits per heavy atom. The van der Waals surface area contributed by atoms with Crippen molar-refractivity contribution in [3.8, 4) is 0 Å². The van der Waals surface area contributed by atoms with Gasteiger partial charge < -0.3 is 0 Å². The lowest BCUT2D eigenvalue weighted by molar-refractivity contribution is 0.591. The largest absolute Gasteiger partial charge is 0.122 e. The molecule has 0 heterocycles. The van der Waals surface area contributed by atoms with E-state index in [0.29, 0.717) is 0 Å². The van der Waals surface area contributed by atoms with Crippen LogP contribution in [0.5, 0.6) is 0 Å². The van der Waals surface area contributed by atoms with E-state index < -0.39 is 0 Å². The minimum absolute atomic E-state index is 1.20. The van der Waals surface area contributed by atoms with Crippen molar-refractivity contribution >= 4 is 8.58 Å². The summed E-state index contributed by atoms with van der Waals surface area (Å²) in [5.41, 5.74) is 0. The highest BCUT2D eigenvalue weighted by molar-refractivity contribution is 7.37. The molecule has 0 bridgehead atoms. The van der Waals surface area contributed by atoms with Gasteiger partial charge >= 0.3 is 0 Å². The molecule has 0 aromatic heterocycles. The molecule has 0 fully saturated rings. The van der Waals surface area contributed by atoms with Gasteiger partial charge in [-0.25, -0.2) is 0 Å². The van der Waals surface area contributed by atoms with Gasteiger partial charge in [-0.2, -0.15) is 0 Å². The quantitative estimate of drug-likeness (QED) is 0.119. The number of allylic oxidation sites excluding steroid dienone is 2. The van der Waals surface area contributed by atoms with Crippen LogP contribution in [0.25, 0.3) is 0 Å². The predicted octanol–water partition coefficient (Wildman–Crippen LogP) is 8.28. The van der Waals surface area contributed by atoms with Crippen LogP contribution in [0.2, 0.25) is 0 Å². The molecule has 0 saturated carbocycles. The first-order valence-corrected chi connectivity index (χ1v) is 11.8. The van der Waals surface area contributed by atoms with Gasteiger partial charge in [-0.15, -0.1) is 21.7 Å². The molecule has 0 radical (unpaired) electrons. The summed E-state index contributed by atoms with van der Waals surface area (Å²) in [4.78, 5) is 0. The summed E-state index contributed by atoms with van der Waals surface area (Å²) < 4.78 is 0. The molecule has 0 aliphatic carbocycles. The van der Waals surface area contributed by atoms with Crippen molar-refractivity contribution in [3.63, 3.8) is 0 Å². The van der Waals surface area contributed by atoms with Crippen LogP contribution < -0.4 is 0 Å². The zero-order valence-electron chi connectivity index (χ0n) is 15.8. The molecule has 0 saturated heterocycles. The summed E-state index contributed by atoms with van der Waals surface area (Å²) in [6.45, 7) is 7.55. The maximum Gasteiger partial charge on any atom is -0.0353 e. The molecule has 23 heavy (non-hydrogen) atoms. The Kier molecular flexibility index (Phi) is 21.8. The number of rotatable bonds is 20. The average Bonchev–Trinajstić information content (AvgIpc) is 2.57. The van der Waals surface area contributed by atoms with E-state index in [1.807, 2.05) is 12.2 Å². The molecule has 0 rings (SSSR count). The molecular formula is C22H43P. The Morgan fingerprint density at radius 1 is 0.435 bits per heavy atom. The van der Waals surface area contributed by atoms with Crippen molar-refractivity contribution in [2.45, 2.75) is 103 Å². The molecule has 1 heteroatoms. The van der Waals surface area contributed by atoms with Crippen molar-refractivity contribution < 1.29 is 0 Å². The molecule has 0 aromatic carbocycles. The van der Waals surface area contributed by atoms with E-state index in [1.54, 1.807) is 0 Å². The van der Waals surface area contributed by atoms with Crippen LogP contribution in [0.1, 0.15) is 103 Å². The first-order valence-electron chi connectivity index (χ1n) is 10.3. The summed E-state index contributed by atoms with van der Waals surface area (Å²) in [5, 5.41) is 0. The fraction of sp³-hybridized carbons (Fsp3) is 0.818. The van der Waals surface area contributed by atoms with Crippen molar-refractivity contribution in [2.24, 2.45) is 0 Å². The molecule has 0 aliphatic rings. The van der Waals surface area contributed by atoms with Gasteiger partial charge in [-0.05, 0) is 50.8 Å². The molecule has 136 valence electrons. The Bertz CT molecular complexity index is 210. The average molecular weight is 339 g/mol. The molecule has 0 spiro atoms. The van der Waals surface area contributed by atoms with Crippen molar-refractivity contribution in [3.05, 3.63) is 25.3 Å². The third-order valence-electron chi connectivity index (χ3n) is 4.52. The monoisotopic (exact) mass is 338 g/mol. The van der Waals surface area contributed by atoms with Crippen LogP contribution >= 0.6 is 8.58 Å². The second kappa shape index (κ2) is 21.9. The number of hydrogen-bond donors (Lipinski definition) is 0. The fourth-order valence-corrected chi connectivity index (χ4v) is 4.22. The minimum Gasteiger partial charge on any atom is -0.122 e. The maximum absolute atomic E-state index is 3.78. The standard InChI is InChI=1S/C22H43P/c1-3-5-7-9-11-13-15-17-19-21-23-22-20-18-16-14-12-10-8-6-4-2/h3-4,23H,1-2,5-22H2. The Labute approximate surface area is 149 Å². The highest BCUT2D eigenvalue weighted by atomic mass is 31.1. The normalized spacial score (nSPS) is 10.8. The zero-order valence-corrected chi connectivity index (χ0v) is 16.8. The summed E-state index contributed by atoms with van der Waals surface area (Å²) in [7, 11) is 1.23. The van der Waals surface area contributed by atoms with Crippen LogP contribution in [-0.4, -0.2) is 12.3 Å². The van der Waals surface area contributed by atoms with Crippen molar-refractivity contribution in [1.29, 1.82) is 0 Å². The molecule has 0 aliphatic heterocycles. The van der Waals surface area contributed by atoms with Crippen LogP contribution in [0, 0.1) is 0 Å². The molecule has 0 aromatic rings. The molecule has 0 nitrogen and oxygen atoms in total. The minimum atomic E-state index is 1.20. The summed E-state index contributed by atoms with van der Waals surface area (Å²) >= 11 is 0.